The molecule has 0 radical (unpaired) electrons. The molecule has 0 spiro atoms. The summed E-state index contributed by atoms with van der Waals surface area (Å²) in [5, 5.41) is 0. The number of nitrogens with zero attached hydrogens (tertiary/aromatic N) is 1. The molecule has 102 valence electrons. The minimum absolute atomic E-state index is 0.000729. The summed E-state index contributed by atoms with van der Waals surface area (Å²) in [6.07, 6.45) is 7.08. The van der Waals surface area contributed by atoms with Crippen LogP contribution in [0.2, 0.25) is 0 Å². The Morgan fingerprint density at radius 2 is 2.28 bits per heavy atom. The lowest BCUT2D eigenvalue weighted by molar-refractivity contribution is -0.133. The quantitative estimate of drug-likeness (QED) is 0.701. The van der Waals surface area contributed by atoms with Crippen LogP contribution in [-0.4, -0.2) is 49.4 Å². The molecule has 1 unspecified atom stereocenters. The first kappa shape index (κ1) is 15.0. The van der Waals surface area contributed by atoms with E-state index in [4.69, 9.17) is 12.2 Å². The Hall–Kier alpha value is -1.06. The van der Waals surface area contributed by atoms with Crippen LogP contribution < -0.4 is 5.73 Å². The largest absolute Gasteiger partial charge is 0.326 e. The SMILES string of the molecule is C#CCN(C(=O)[C@H](N)CCC)C1CCS(=O)(=O)C1. The molecule has 0 saturated carbocycles. The molecule has 0 aromatic rings. The number of hydrogen-bond acceptors (Lipinski definition) is 4. The van der Waals surface area contributed by atoms with Crippen molar-refractivity contribution in [3.8, 4) is 12.3 Å². The van der Waals surface area contributed by atoms with Crippen molar-refractivity contribution in [2.75, 3.05) is 18.1 Å². The minimum Gasteiger partial charge on any atom is -0.326 e. The fourth-order valence-electron chi connectivity index (χ4n) is 2.15. The van der Waals surface area contributed by atoms with Gasteiger partial charge in [-0.15, -0.1) is 6.42 Å². The molecule has 1 amide bonds. The van der Waals surface area contributed by atoms with Crippen LogP contribution in [0.3, 0.4) is 0 Å². The van der Waals surface area contributed by atoms with Gasteiger partial charge in [0.25, 0.3) is 0 Å². The van der Waals surface area contributed by atoms with Gasteiger partial charge in [0.15, 0.2) is 9.84 Å². The van der Waals surface area contributed by atoms with Crippen LogP contribution in [0.15, 0.2) is 0 Å². The molecule has 1 heterocycles. The van der Waals surface area contributed by atoms with E-state index in [1.54, 1.807) is 0 Å². The summed E-state index contributed by atoms with van der Waals surface area (Å²) in [6.45, 7) is 2.06. The molecule has 6 heteroatoms. The van der Waals surface area contributed by atoms with Crippen LogP contribution in [-0.2, 0) is 14.6 Å². The van der Waals surface area contributed by atoms with Crippen LogP contribution in [0.1, 0.15) is 26.2 Å². The average molecular weight is 272 g/mol. The van der Waals surface area contributed by atoms with Crippen LogP contribution in [0.5, 0.6) is 0 Å². The maximum atomic E-state index is 12.1. The summed E-state index contributed by atoms with van der Waals surface area (Å²) in [4.78, 5) is 13.6. The second kappa shape index (κ2) is 6.21. The standard InChI is InChI=1S/C12H20N2O3S/c1-3-5-11(13)12(15)14(7-4-2)10-6-8-18(16,17)9-10/h2,10-11H,3,5-9,13H2,1H3/t10?,11-/m1/s1. The molecule has 0 aromatic carbocycles. The average Bonchev–Trinajstić information content (AvgIpc) is 2.66. The van der Waals surface area contributed by atoms with Gasteiger partial charge in [-0.2, -0.15) is 0 Å². The van der Waals surface area contributed by atoms with Crippen LogP contribution in [0.4, 0.5) is 0 Å². The van der Waals surface area contributed by atoms with Gasteiger partial charge in [0.1, 0.15) is 0 Å². The molecule has 2 N–H and O–H groups in total. The molecule has 1 rings (SSSR count). The smallest absolute Gasteiger partial charge is 0.240 e. The Bertz CT molecular complexity index is 439. The van der Waals surface area contributed by atoms with Crippen LogP contribution >= 0.6 is 0 Å². The number of nitrogens with two attached hydrogens (primary N) is 1. The molecule has 0 aromatic heterocycles. The van der Waals surface area contributed by atoms with Gasteiger partial charge in [-0.05, 0) is 12.8 Å². The van der Waals surface area contributed by atoms with Crippen molar-refractivity contribution < 1.29 is 13.2 Å². The highest BCUT2D eigenvalue weighted by Crippen LogP contribution is 2.18. The highest BCUT2D eigenvalue weighted by atomic mass is 32.2. The Labute approximate surface area is 109 Å². The van der Waals surface area contributed by atoms with Gasteiger partial charge in [0.05, 0.1) is 24.1 Å². The van der Waals surface area contributed by atoms with Gasteiger partial charge in [0, 0.05) is 6.04 Å². The molecular formula is C12H20N2O3S. The van der Waals surface area contributed by atoms with Crippen molar-refractivity contribution in [3.63, 3.8) is 0 Å². The van der Waals surface area contributed by atoms with E-state index < -0.39 is 15.9 Å². The zero-order chi connectivity index (χ0) is 13.8. The highest BCUT2D eigenvalue weighted by Gasteiger charge is 2.35. The first-order valence-electron chi connectivity index (χ1n) is 6.11. The Balaban J connectivity index is 2.77. The summed E-state index contributed by atoms with van der Waals surface area (Å²) in [5.74, 6) is 2.29. The minimum atomic E-state index is -3.03. The van der Waals surface area contributed by atoms with Crippen LogP contribution in [0.25, 0.3) is 0 Å². The van der Waals surface area contributed by atoms with Crippen molar-refractivity contribution in [1.29, 1.82) is 0 Å². The number of rotatable bonds is 5. The van der Waals surface area contributed by atoms with E-state index in [0.29, 0.717) is 12.8 Å². The van der Waals surface area contributed by atoms with Gasteiger partial charge >= 0.3 is 0 Å². The van der Waals surface area contributed by atoms with E-state index in [0.717, 1.165) is 6.42 Å². The first-order valence-corrected chi connectivity index (χ1v) is 7.93. The summed E-state index contributed by atoms with van der Waals surface area (Å²) in [6, 6.07) is -0.909. The Kier molecular flexibility index (Phi) is 5.17. The van der Waals surface area contributed by atoms with Gasteiger partial charge in [-0.25, -0.2) is 8.42 Å². The third-order valence-corrected chi connectivity index (χ3v) is 4.86. The zero-order valence-electron chi connectivity index (χ0n) is 10.6. The van der Waals surface area contributed by atoms with E-state index in [1.807, 2.05) is 6.92 Å². The number of terminal acetylenes is 1. The molecule has 1 aliphatic heterocycles. The topological polar surface area (TPSA) is 80.5 Å². The lowest BCUT2D eigenvalue weighted by Gasteiger charge is -2.28. The number of hydrogen-bond donors (Lipinski definition) is 1. The van der Waals surface area contributed by atoms with Crippen molar-refractivity contribution in [3.05, 3.63) is 0 Å². The molecular weight excluding hydrogens is 252 g/mol. The normalized spacial score (nSPS) is 23.3. The van der Waals surface area contributed by atoms with E-state index in [-0.39, 0.29) is 30.0 Å². The molecule has 1 aliphatic rings. The number of sulfone groups is 1. The molecule has 1 saturated heterocycles. The molecule has 18 heavy (non-hydrogen) atoms. The van der Waals surface area contributed by atoms with Crippen LogP contribution in [0, 0.1) is 12.3 Å². The lowest BCUT2D eigenvalue weighted by atomic mass is 10.1. The van der Waals surface area contributed by atoms with E-state index in [9.17, 15) is 13.2 Å². The van der Waals surface area contributed by atoms with Crippen molar-refractivity contribution in [2.45, 2.75) is 38.3 Å². The summed E-state index contributed by atoms with van der Waals surface area (Å²) in [7, 11) is -3.03. The zero-order valence-corrected chi connectivity index (χ0v) is 11.4. The second-order valence-corrected chi connectivity index (χ2v) is 6.85. The third-order valence-electron chi connectivity index (χ3n) is 3.11. The predicted molar refractivity (Wildman–Crippen MR) is 70.5 cm³/mol. The summed E-state index contributed by atoms with van der Waals surface area (Å²) < 4.78 is 22.9. The lowest BCUT2D eigenvalue weighted by Crippen LogP contribution is -2.49. The van der Waals surface area contributed by atoms with Gasteiger partial charge in [0.2, 0.25) is 5.91 Å². The number of amides is 1. The Morgan fingerprint density at radius 1 is 1.61 bits per heavy atom. The number of carbonyl (C=O) groups is 1. The number of carbonyl (C=O) groups excluding carboxylic acids is 1. The van der Waals surface area contributed by atoms with Gasteiger partial charge in [-0.3, -0.25) is 4.79 Å². The fraction of sp³-hybridized carbons (Fsp3) is 0.750. The first-order chi connectivity index (χ1) is 8.41. The Morgan fingerprint density at radius 3 is 2.72 bits per heavy atom. The van der Waals surface area contributed by atoms with Crippen molar-refractivity contribution in [2.24, 2.45) is 5.73 Å². The monoisotopic (exact) mass is 272 g/mol. The van der Waals surface area contributed by atoms with E-state index >= 15 is 0 Å². The van der Waals surface area contributed by atoms with E-state index in [2.05, 4.69) is 5.92 Å². The third kappa shape index (κ3) is 3.72. The fourth-order valence-corrected chi connectivity index (χ4v) is 3.88. The van der Waals surface area contributed by atoms with E-state index in [1.165, 1.54) is 4.90 Å². The predicted octanol–water partition coefficient (Wildman–Crippen LogP) is -0.237. The maximum Gasteiger partial charge on any atom is 0.240 e. The summed E-state index contributed by atoms with van der Waals surface area (Å²) >= 11 is 0. The molecule has 5 nitrogen and oxygen atoms in total. The molecule has 2 atom stereocenters. The summed E-state index contributed by atoms with van der Waals surface area (Å²) in [5.41, 5.74) is 5.78. The highest BCUT2D eigenvalue weighted by molar-refractivity contribution is 7.91. The maximum absolute atomic E-state index is 12.1. The molecule has 1 fully saturated rings. The van der Waals surface area contributed by atoms with Crippen molar-refractivity contribution >= 4 is 15.7 Å². The molecule has 0 aliphatic carbocycles. The second-order valence-electron chi connectivity index (χ2n) is 4.62. The van der Waals surface area contributed by atoms with Gasteiger partial charge in [-0.1, -0.05) is 19.3 Å². The molecule has 0 bridgehead atoms. The van der Waals surface area contributed by atoms with Gasteiger partial charge < -0.3 is 10.6 Å². The van der Waals surface area contributed by atoms with Crippen molar-refractivity contribution in [1.82, 2.24) is 4.90 Å².